The summed E-state index contributed by atoms with van der Waals surface area (Å²) < 4.78 is 14.5. The number of fused-ring (bicyclic) bond motifs is 4. The van der Waals surface area contributed by atoms with Crippen LogP contribution in [0.3, 0.4) is 0 Å². The second-order valence-corrected chi connectivity index (χ2v) is 9.52. The number of nitrogens with zero attached hydrogens (tertiary/aromatic N) is 4. The van der Waals surface area contributed by atoms with Crippen LogP contribution in [0.15, 0.2) is 64.5 Å². The summed E-state index contributed by atoms with van der Waals surface area (Å²) in [5.41, 5.74) is 4.53. The minimum absolute atomic E-state index is 0.124. The number of ether oxygens (including phenoxy) is 2. The van der Waals surface area contributed by atoms with Crippen LogP contribution < -0.4 is 15.0 Å². The van der Waals surface area contributed by atoms with Crippen molar-refractivity contribution in [3.05, 3.63) is 86.7 Å². The van der Waals surface area contributed by atoms with E-state index in [1.165, 1.54) is 11.8 Å². The van der Waals surface area contributed by atoms with Gasteiger partial charge in [0.2, 0.25) is 12.6 Å². The van der Waals surface area contributed by atoms with Crippen molar-refractivity contribution in [3.8, 4) is 17.2 Å². The van der Waals surface area contributed by atoms with Crippen LogP contribution in [-0.2, 0) is 5.75 Å². The molecule has 0 saturated heterocycles. The van der Waals surface area contributed by atoms with Crippen molar-refractivity contribution >= 4 is 40.0 Å². The fourth-order valence-electron chi connectivity index (χ4n) is 4.30. The summed E-state index contributed by atoms with van der Waals surface area (Å²) in [5.74, 6) is 2.28. The number of hydrogen-bond acceptors (Lipinski definition) is 6. The van der Waals surface area contributed by atoms with Gasteiger partial charge in [-0.3, -0.25) is 9.20 Å². The van der Waals surface area contributed by atoms with E-state index >= 15 is 0 Å². The first-order chi connectivity index (χ1) is 16.5. The van der Waals surface area contributed by atoms with Gasteiger partial charge in [0.05, 0.1) is 21.6 Å². The highest BCUT2D eigenvalue weighted by atomic mass is 35.5. The van der Waals surface area contributed by atoms with Gasteiger partial charge in [0.1, 0.15) is 0 Å². The molecular weight excluding hydrogens is 472 g/mol. The number of para-hydroxylation sites is 1. The Hall–Kier alpha value is -3.49. The van der Waals surface area contributed by atoms with E-state index in [0.717, 1.165) is 27.9 Å². The van der Waals surface area contributed by atoms with Crippen molar-refractivity contribution < 1.29 is 9.47 Å². The van der Waals surface area contributed by atoms with Gasteiger partial charge in [-0.1, -0.05) is 53.2 Å². The van der Waals surface area contributed by atoms with Crippen LogP contribution in [0.4, 0.5) is 0 Å². The van der Waals surface area contributed by atoms with E-state index in [1.54, 1.807) is 4.57 Å². The quantitative estimate of drug-likeness (QED) is 0.317. The molecule has 6 rings (SSSR count). The lowest BCUT2D eigenvalue weighted by molar-refractivity contribution is 0.174. The van der Waals surface area contributed by atoms with E-state index in [0.29, 0.717) is 38.6 Å². The maximum absolute atomic E-state index is 13.5. The van der Waals surface area contributed by atoms with Crippen molar-refractivity contribution in [1.29, 1.82) is 0 Å². The molecule has 34 heavy (non-hydrogen) atoms. The van der Waals surface area contributed by atoms with Gasteiger partial charge < -0.3 is 9.47 Å². The highest BCUT2D eigenvalue weighted by molar-refractivity contribution is 7.98. The van der Waals surface area contributed by atoms with Crippen molar-refractivity contribution in [2.75, 3.05) is 6.79 Å². The summed E-state index contributed by atoms with van der Waals surface area (Å²) in [6.07, 6.45) is 0. The first kappa shape index (κ1) is 21.1. The predicted molar refractivity (Wildman–Crippen MR) is 133 cm³/mol. The molecule has 0 aliphatic carbocycles. The maximum Gasteiger partial charge on any atom is 0.267 e. The third-order valence-electron chi connectivity index (χ3n) is 5.84. The van der Waals surface area contributed by atoms with Crippen LogP contribution in [0, 0.1) is 13.8 Å². The lowest BCUT2D eigenvalue weighted by Crippen LogP contribution is -2.22. The molecule has 0 unspecified atom stereocenters. The topological polar surface area (TPSA) is 70.7 Å². The van der Waals surface area contributed by atoms with Crippen LogP contribution in [-0.4, -0.2) is 26.0 Å². The van der Waals surface area contributed by atoms with Gasteiger partial charge in [0, 0.05) is 5.75 Å². The molecule has 3 heterocycles. The molecule has 1 aliphatic rings. The Balaban J connectivity index is 1.50. The Kier molecular flexibility index (Phi) is 5.00. The molecular formula is C25H19ClN4O3S. The molecule has 7 nitrogen and oxygen atoms in total. The van der Waals surface area contributed by atoms with Crippen molar-refractivity contribution in [1.82, 2.24) is 19.2 Å². The first-order valence-electron chi connectivity index (χ1n) is 10.7. The minimum Gasteiger partial charge on any atom is -0.454 e. The number of hydrogen-bond donors (Lipinski definition) is 0. The Morgan fingerprint density at radius 1 is 1.06 bits per heavy atom. The molecule has 1 aliphatic heterocycles. The van der Waals surface area contributed by atoms with Gasteiger partial charge in [-0.2, -0.15) is 0 Å². The molecule has 9 heteroatoms. The van der Waals surface area contributed by atoms with Gasteiger partial charge in [0.15, 0.2) is 16.7 Å². The largest absolute Gasteiger partial charge is 0.454 e. The second-order valence-electron chi connectivity index (χ2n) is 8.17. The third kappa shape index (κ3) is 3.33. The summed E-state index contributed by atoms with van der Waals surface area (Å²) >= 11 is 7.87. The Morgan fingerprint density at radius 3 is 2.76 bits per heavy atom. The molecule has 0 atom stereocenters. The minimum atomic E-state index is -0.124. The summed E-state index contributed by atoms with van der Waals surface area (Å²) in [6, 6.07) is 17.3. The van der Waals surface area contributed by atoms with Gasteiger partial charge in [-0.15, -0.1) is 10.2 Å². The molecule has 0 bridgehead atoms. The molecule has 0 fully saturated rings. The number of thioether (sulfide) groups is 1. The molecule has 2 aromatic heterocycles. The van der Waals surface area contributed by atoms with E-state index in [2.05, 4.69) is 16.3 Å². The first-order valence-corrected chi connectivity index (χ1v) is 12.0. The summed E-state index contributed by atoms with van der Waals surface area (Å²) in [4.78, 5) is 13.5. The summed E-state index contributed by atoms with van der Waals surface area (Å²) in [6.45, 7) is 4.20. The average molecular weight is 491 g/mol. The van der Waals surface area contributed by atoms with Crippen molar-refractivity contribution in [2.24, 2.45) is 0 Å². The Bertz CT molecular complexity index is 1660. The normalized spacial score (nSPS) is 12.7. The van der Waals surface area contributed by atoms with E-state index in [9.17, 15) is 4.79 Å². The maximum atomic E-state index is 13.5. The monoisotopic (exact) mass is 490 g/mol. The number of benzene rings is 3. The smallest absolute Gasteiger partial charge is 0.267 e. The molecule has 0 radical (unpaired) electrons. The molecule has 0 spiro atoms. The zero-order valence-corrected chi connectivity index (χ0v) is 20.0. The molecule has 0 amide bonds. The molecule has 170 valence electrons. The van der Waals surface area contributed by atoms with Crippen LogP contribution in [0.5, 0.6) is 11.5 Å². The molecule has 5 aromatic rings. The van der Waals surface area contributed by atoms with E-state index < -0.39 is 0 Å². The number of halogens is 1. The Labute approximate surface area is 203 Å². The van der Waals surface area contributed by atoms with Crippen LogP contribution in [0.25, 0.3) is 22.4 Å². The van der Waals surface area contributed by atoms with E-state index in [1.807, 2.05) is 66.8 Å². The van der Waals surface area contributed by atoms with Gasteiger partial charge in [-0.25, -0.2) is 4.57 Å². The summed E-state index contributed by atoms with van der Waals surface area (Å²) in [5, 5.41) is 10.7. The molecule has 0 N–H and O–H groups in total. The number of rotatable bonds is 4. The SMILES string of the molecule is Cc1ccc(-n2c(=O)c3ccccc3n3c(SCc4cc(Cl)c5c(c4)OCO5)nnc23)c(C)c1. The highest BCUT2D eigenvalue weighted by Crippen LogP contribution is 2.41. The lowest BCUT2D eigenvalue weighted by Gasteiger charge is -2.13. The molecule has 3 aromatic carbocycles. The van der Waals surface area contributed by atoms with E-state index in [-0.39, 0.29) is 12.4 Å². The van der Waals surface area contributed by atoms with Gasteiger partial charge >= 0.3 is 0 Å². The number of aromatic nitrogens is 4. The van der Waals surface area contributed by atoms with Crippen LogP contribution in [0.2, 0.25) is 5.02 Å². The van der Waals surface area contributed by atoms with Crippen molar-refractivity contribution in [2.45, 2.75) is 24.8 Å². The number of aryl methyl sites for hydroxylation is 2. The van der Waals surface area contributed by atoms with Crippen molar-refractivity contribution in [3.63, 3.8) is 0 Å². The predicted octanol–water partition coefficient (Wildman–Crippen LogP) is 5.32. The second kappa shape index (κ2) is 8.07. The van der Waals surface area contributed by atoms with Crippen LogP contribution in [0.1, 0.15) is 16.7 Å². The fraction of sp³-hybridized carbons (Fsp3) is 0.160. The summed E-state index contributed by atoms with van der Waals surface area (Å²) in [7, 11) is 0. The van der Waals surface area contributed by atoms with E-state index in [4.69, 9.17) is 21.1 Å². The molecule has 0 saturated carbocycles. The van der Waals surface area contributed by atoms with Gasteiger partial charge in [0.25, 0.3) is 5.56 Å². The van der Waals surface area contributed by atoms with Gasteiger partial charge in [-0.05, 0) is 55.3 Å². The zero-order valence-electron chi connectivity index (χ0n) is 18.4. The fourth-order valence-corrected chi connectivity index (χ4v) is 5.46. The Morgan fingerprint density at radius 2 is 1.91 bits per heavy atom. The standard InChI is InChI=1S/C25H19ClN4O3S/c1-14-7-8-19(15(2)9-14)29-23(31)17-5-3-4-6-20(17)30-24(29)27-28-25(30)34-12-16-10-18(26)22-21(11-16)32-13-33-22/h3-11H,12-13H2,1-2H3. The van der Waals surface area contributed by atoms with Crippen LogP contribution >= 0.6 is 23.4 Å². The third-order valence-corrected chi connectivity index (χ3v) is 7.12. The lowest BCUT2D eigenvalue weighted by atomic mass is 10.1. The highest BCUT2D eigenvalue weighted by Gasteiger charge is 2.21. The zero-order chi connectivity index (χ0) is 23.4. The average Bonchev–Trinajstić information content (AvgIpc) is 3.47.